The molecule has 0 aliphatic rings. The molecule has 15 heavy (non-hydrogen) atoms. The standard InChI is InChI=1S/C12H18FNO/c1-8(10(3)15)14-9(2)11-4-6-12(13)7-5-11/h4-10,14-15H,1-3H3/t8?,9-,10?/m0/s1. The molecule has 0 aliphatic heterocycles. The summed E-state index contributed by atoms with van der Waals surface area (Å²) in [7, 11) is 0. The molecule has 1 rings (SSSR count). The van der Waals surface area contributed by atoms with Crippen LogP contribution in [0.4, 0.5) is 4.39 Å². The zero-order chi connectivity index (χ0) is 11.4. The lowest BCUT2D eigenvalue weighted by molar-refractivity contribution is 0.147. The van der Waals surface area contributed by atoms with Crippen molar-refractivity contribution < 1.29 is 9.50 Å². The normalized spacial score (nSPS) is 17.1. The first-order valence-corrected chi connectivity index (χ1v) is 5.20. The summed E-state index contributed by atoms with van der Waals surface area (Å²) in [5.74, 6) is -0.227. The summed E-state index contributed by atoms with van der Waals surface area (Å²) in [6.45, 7) is 5.66. The van der Waals surface area contributed by atoms with Gasteiger partial charge in [-0.25, -0.2) is 4.39 Å². The highest BCUT2D eigenvalue weighted by atomic mass is 19.1. The molecule has 0 spiro atoms. The molecule has 84 valence electrons. The van der Waals surface area contributed by atoms with Crippen molar-refractivity contribution in [2.24, 2.45) is 0 Å². The average molecular weight is 211 g/mol. The van der Waals surface area contributed by atoms with Crippen LogP contribution in [0.15, 0.2) is 24.3 Å². The number of hydrogen-bond donors (Lipinski definition) is 2. The molecular formula is C12H18FNO. The lowest BCUT2D eigenvalue weighted by Gasteiger charge is -2.22. The average Bonchev–Trinajstić information content (AvgIpc) is 2.18. The third-order valence-corrected chi connectivity index (χ3v) is 2.61. The molecule has 0 saturated carbocycles. The first-order chi connectivity index (χ1) is 7.00. The zero-order valence-electron chi connectivity index (χ0n) is 9.37. The summed E-state index contributed by atoms with van der Waals surface area (Å²) >= 11 is 0. The molecule has 0 fully saturated rings. The van der Waals surface area contributed by atoms with Gasteiger partial charge in [0.15, 0.2) is 0 Å². The van der Waals surface area contributed by atoms with Crippen LogP contribution in [0.1, 0.15) is 32.4 Å². The molecule has 1 aromatic carbocycles. The van der Waals surface area contributed by atoms with Crippen molar-refractivity contribution in [2.75, 3.05) is 0 Å². The summed E-state index contributed by atoms with van der Waals surface area (Å²) in [6, 6.07) is 6.52. The Morgan fingerprint density at radius 1 is 1.13 bits per heavy atom. The summed E-state index contributed by atoms with van der Waals surface area (Å²) < 4.78 is 12.7. The number of nitrogens with one attached hydrogen (secondary N) is 1. The maximum atomic E-state index is 12.7. The van der Waals surface area contributed by atoms with Crippen LogP contribution in [0.5, 0.6) is 0 Å². The Labute approximate surface area is 90.1 Å². The van der Waals surface area contributed by atoms with E-state index in [0.717, 1.165) is 5.56 Å². The molecule has 0 aromatic heterocycles. The molecule has 2 N–H and O–H groups in total. The minimum Gasteiger partial charge on any atom is -0.392 e. The predicted octanol–water partition coefficient (Wildman–Crippen LogP) is 2.25. The van der Waals surface area contributed by atoms with Gasteiger partial charge in [-0.2, -0.15) is 0 Å². The number of aliphatic hydroxyl groups excluding tert-OH is 1. The van der Waals surface area contributed by atoms with Gasteiger partial charge in [-0.1, -0.05) is 12.1 Å². The second-order valence-corrected chi connectivity index (χ2v) is 3.97. The lowest BCUT2D eigenvalue weighted by Crippen LogP contribution is -2.37. The molecule has 1 aromatic rings. The molecule has 0 aliphatic carbocycles. The van der Waals surface area contributed by atoms with Gasteiger partial charge in [0.2, 0.25) is 0 Å². The van der Waals surface area contributed by atoms with Crippen molar-refractivity contribution in [3.8, 4) is 0 Å². The van der Waals surface area contributed by atoms with E-state index in [-0.39, 0.29) is 17.9 Å². The van der Waals surface area contributed by atoms with E-state index in [1.807, 2.05) is 13.8 Å². The molecule has 0 radical (unpaired) electrons. The van der Waals surface area contributed by atoms with Crippen LogP contribution >= 0.6 is 0 Å². The molecule has 0 bridgehead atoms. The van der Waals surface area contributed by atoms with Crippen LogP contribution in [-0.4, -0.2) is 17.3 Å². The van der Waals surface area contributed by atoms with Gasteiger partial charge in [0.25, 0.3) is 0 Å². The molecule has 0 heterocycles. The third-order valence-electron chi connectivity index (χ3n) is 2.61. The number of aliphatic hydroxyl groups is 1. The molecule has 3 atom stereocenters. The molecule has 0 saturated heterocycles. The molecule has 2 nitrogen and oxygen atoms in total. The second kappa shape index (κ2) is 5.24. The molecule has 2 unspecified atom stereocenters. The second-order valence-electron chi connectivity index (χ2n) is 3.97. The Balaban J connectivity index is 2.61. The maximum absolute atomic E-state index is 12.7. The summed E-state index contributed by atoms with van der Waals surface area (Å²) in [6.07, 6.45) is -0.395. The van der Waals surface area contributed by atoms with Gasteiger partial charge in [-0.3, -0.25) is 0 Å². The Bertz CT molecular complexity index is 297. The van der Waals surface area contributed by atoms with Gasteiger partial charge >= 0.3 is 0 Å². The van der Waals surface area contributed by atoms with Crippen LogP contribution in [0.3, 0.4) is 0 Å². The van der Waals surface area contributed by atoms with Crippen molar-refractivity contribution >= 4 is 0 Å². The smallest absolute Gasteiger partial charge is 0.123 e. The highest BCUT2D eigenvalue weighted by Gasteiger charge is 2.12. The van der Waals surface area contributed by atoms with E-state index in [4.69, 9.17) is 0 Å². The minimum atomic E-state index is -0.395. The summed E-state index contributed by atoms with van der Waals surface area (Å²) in [5, 5.41) is 12.6. The fourth-order valence-corrected chi connectivity index (χ4v) is 1.38. The first kappa shape index (κ1) is 12.1. The van der Waals surface area contributed by atoms with E-state index in [1.165, 1.54) is 12.1 Å². The third kappa shape index (κ3) is 3.61. The van der Waals surface area contributed by atoms with E-state index < -0.39 is 6.10 Å². The van der Waals surface area contributed by atoms with Gasteiger partial charge in [-0.05, 0) is 38.5 Å². The van der Waals surface area contributed by atoms with Gasteiger partial charge in [-0.15, -0.1) is 0 Å². The zero-order valence-corrected chi connectivity index (χ0v) is 9.37. The van der Waals surface area contributed by atoms with Crippen molar-refractivity contribution in [3.63, 3.8) is 0 Å². The Morgan fingerprint density at radius 2 is 1.67 bits per heavy atom. The number of benzene rings is 1. The van der Waals surface area contributed by atoms with Crippen molar-refractivity contribution in [1.82, 2.24) is 5.32 Å². The largest absolute Gasteiger partial charge is 0.392 e. The highest BCUT2D eigenvalue weighted by Crippen LogP contribution is 2.13. The summed E-state index contributed by atoms with van der Waals surface area (Å²) in [5.41, 5.74) is 1.02. The van der Waals surface area contributed by atoms with Gasteiger partial charge < -0.3 is 10.4 Å². The van der Waals surface area contributed by atoms with Crippen molar-refractivity contribution in [2.45, 2.75) is 39.0 Å². The van der Waals surface area contributed by atoms with E-state index >= 15 is 0 Å². The van der Waals surface area contributed by atoms with E-state index in [2.05, 4.69) is 5.32 Å². The minimum absolute atomic E-state index is 0.0186. The van der Waals surface area contributed by atoms with E-state index in [0.29, 0.717) is 0 Å². The van der Waals surface area contributed by atoms with Crippen LogP contribution in [0.25, 0.3) is 0 Å². The predicted molar refractivity (Wildman–Crippen MR) is 59.1 cm³/mol. The summed E-state index contributed by atoms with van der Waals surface area (Å²) in [4.78, 5) is 0. The molecular weight excluding hydrogens is 193 g/mol. The Morgan fingerprint density at radius 3 is 2.13 bits per heavy atom. The highest BCUT2D eigenvalue weighted by molar-refractivity contribution is 5.19. The van der Waals surface area contributed by atoms with E-state index in [9.17, 15) is 9.50 Å². The number of hydrogen-bond acceptors (Lipinski definition) is 2. The monoisotopic (exact) mass is 211 g/mol. The SMILES string of the molecule is CC(O)C(C)N[C@@H](C)c1ccc(F)cc1. The van der Waals surface area contributed by atoms with E-state index in [1.54, 1.807) is 19.1 Å². The first-order valence-electron chi connectivity index (χ1n) is 5.20. The molecule has 0 amide bonds. The van der Waals surface area contributed by atoms with Crippen LogP contribution in [0, 0.1) is 5.82 Å². The quantitative estimate of drug-likeness (QED) is 0.800. The Hall–Kier alpha value is -0.930. The fraction of sp³-hybridized carbons (Fsp3) is 0.500. The van der Waals surface area contributed by atoms with Crippen LogP contribution in [0.2, 0.25) is 0 Å². The van der Waals surface area contributed by atoms with Crippen LogP contribution in [-0.2, 0) is 0 Å². The van der Waals surface area contributed by atoms with Gasteiger partial charge in [0, 0.05) is 12.1 Å². The van der Waals surface area contributed by atoms with Crippen molar-refractivity contribution in [3.05, 3.63) is 35.6 Å². The van der Waals surface area contributed by atoms with Crippen molar-refractivity contribution in [1.29, 1.82) is 0 Å². The van der Waals surface area contributed by atoms with Gasteiger partial charge in [0.05, 0.1) is 6.10 Å². The topological polar surface area (TPSA) is 32.3 Å². The maximum Gasteiger partial charge on any atom is 0.123 e. The Kier molecular flexibility index (Phi) is 4.24. The number of halogens is 1. The lowest BCUT2D eigenvalue weighted by atomic mass is 10.1. The number of rotatable bonds is 4. The fourth-order valence-electron chi connectivity index (χ4n) is 1.38. The molecule has 3 heteroatoms. The van der Waals surface area contributed by atoms with Crippen LogP contribution < -0.4 is 5.32 Å². The van der Waals surface area contributed by atoms with Gasteiger partial charge in [0.1, 0.15) is 5.82 Å².